The first-order valence-electron chi connectivity index (χ1n) is 7.04. The van der Waals surface area contributed by atoms with Crippen molar-refractivity contribution in [1.29, 1.82) is 0 Å². The third-order valence-electron chi connectivity index (χ3n) is 4.19. The first-order chi connectivity index (χ1) is 9.90. The number of benzene rings is 2. The van der Waals surface area contributed by atoms with E-state index in [2.05, 4.69) is 85.0 Å². The van der Waals surface area contributed by atoms with Gasteiger partial charge in [0.2, 0.25) is 0 Å². The van der Waals surface area contributed by atoms with E-state index < -0.39 is 0 Å². The third-order valence-corrected chi connectivity index (χ3v) is 4.19. The quantitative estimate of drug-likeness (QED) is 0.568. The minimum atomic E-state index is -0.197. The number of epoxide rings is 1. The van der Waals surface area contributed by atoms with Crippen molar-refractivity contribution >= 4 is 48.9 Å². The summed E-state index contributed by atoms with van der Waals surface area (Å²) in [7, 11) is 0. The summed E-state index contributed by atoms with van der Waals surface area (Å²) in [5, 5.41) is 0. The molecule has 2 aliphatic rings. The van der Waals surface area contributed by atoms with Crippen LogP contribution in [-0.4, -0.2) is 60.6 Å². The smallest absolute Gasteiger partial charge is 0.128 e. The van der Waals surface area contributed by atoms with Crippen molar-refractivity contribution in [2.24, 2.45) is 0 Å². The Bertz CT molecular complexity index is 623. The molecule has 2 radical (unpaired) electrons. The molecular formula is C19H16BaO. The zero-order valence-electron chi connectivity index (χ0n) is 11.9. The summed E-state index contributed by atoms with van der Waals surface area (Å²) < 4.78 is 6.06. The SMILES string of the molecule is C1=CC2OC2(C(c2ccccc2)c2ccccc2)C=C1.[Ba]. The van der Waals surface area contributed by atoms with E-state index in [-0.39, 0.29) is 66.5 Å². The molecule has 0 spiro atoms. The molecule has 2 unspecified atom stereocenters. The third kappa shape index (κ3) is 2.75. The standard InChI is InChI=1S/C19H16O.Ba/c1-3-9-15(10-4-1)18(16-11-5-2-6-12-16)19-14-8-7-13-17(19)20-19;/h1-14,17-18H;. The Labute approximate surface area is 165 Å². The Kier molecular flexibility index (Phi) is 4.60. The molecule has 0 bridgehead atoms. The van der Waals surface area contributed by atoms with Crippen molar-refractivity contribution in [3.8, 4) is 0 Å². The van der Waals surface area contributed by atoms with Gasteiger partial charge in [0.05, 0.1) is 0 Å². The predicted molar refractivity (Wildman–Crippen MR) is 86.4 cm³/mol. The van der Waals surface area contributed by atoms with E-state index in [1.165, 1.54) is 11.1 Å². The first-order valence-corrected chi connectivity index (χ1v) is 7.04. The Morgan fingerprint density at radius 2 is 1.38 bits per heavy atom. The minimum Gasteiger partial charge on any atom is -0.356 e. The van der Waals surface area contributed by atoms with Gasteiger partial charge in [0.25, 0.3) is 0 Å². The van der Waals surface area contributed by atoms with Crippen LogP contribution in [0, 0.1) is 0 Å². The van der Waals surface area contributed by atoms with Gasteiger partial charge in [-0.1, -0.05) is 78.9 Å². The minimum absolute atomic E-state index is 0. The Hall–Kier alpha value is -0.549. The van der Waals surface area contributed by atoms with E-state index in [4.69, 9.17) is 4.74 Å². The molecule has 100 valence electrons. The molecule has 2 aromatic carbocycles. The van der Waals surface area contributed by atoms with E-state index in [0.717, 1.165) is 0 Å². The van der Waals surface area contributed by atoms with E-state index in [9.17, 15) is 0 Å². The van der Waals surface area contributed by atoms with Crippen molar-refractivity contribution in [1.82, 2.24) is 0 Å². The van der Waals surface area contributed by atoms with Gasteiger partial charge in [-0.3, -0.25) is 0 Å². The molecule has 1 aliphatic heterocycles. The van der Waals surface area contributed by atoms with Crippen molar-refractivity contribution in [2.75, 3.05) is 0 Å². The van der Waals surface area contributed by atoms with Crippen LogP contribution in [0.25, 0.3) is 0 Å². The van der Waals surface area contributed by atoms with Gasteiger partial charge in [0.1, 0.15) is 11.7 Å². The molecule has 2 heteroatoms. The van der Waals surface area contributed by atoms with Gasteiger partial charge in [0.15, 0.2) is 0 Å². The van der Waals surface area contributed by atoms with Gasteiger partial charge in [-0.2, -0.15) is 0 Å². The maximum Gasteiger partial charge on any atom is 0.128 e. The average molecular weight is 398 g/mol. The molecule has 2 aromatic rings. The van der Waals surface area contributed by atoms with E-state index in [1.54, 1.807) is 0 Å². The Balaban J connectivity index is 0.00000132. The summed E-state index contributed by atoms with van der Waals surface area (Å²) in [4.78, 5) is 0. The van der Waals surface area contributed by atoms with Gasteiger partial charge < -0.3 is 4.74 Å². The summed E-state index contributed by atoms with van der Waals surface area (Å²) in [6.07, 6.45) is 8.74. The number of hydrogen-bond donors (Lipinski definition) is 0. The summed E-state index contributed by atoms with van der Waals surface area (Å²) in [6.45, 7) is 0. The maximum atomic E-state index is 6.06. The topological polar surface area (TPSA) is 12.5 Å². The second-order valence-corrected chi connectivity index (χ2v) is 5.39. The number of rotatable bonds is 3. The molecule has 0 saturated carbocycles. The zero-order valence-corrected chi connectivity index (χ0v) is 16.3. The fourth-order valence-electron chi connectivity index (χ4n) is 3.21. The van der Waals surface area contributed by atoms with Crippen LogP contribution >= 0.6 is 0 Å². The number of allylic oxidation sites excluding steroid dienone is 2. The Morgan fingerprint density at radius 1 is 0.810 bits per heavy atom. The van der Waals surface area contributed by atoms with Crippen molar-refractivity contribution in [3.63, 3.8) is 0 Å². The summed E-state index contributed by atoms with van der Waals surface area (Å²) in [6, 6.07) is 21.3. The van der Waals surface area contributed by atoms with Crippen LogP contribution in [0.4, 0.5) is 0 Å². The molecule has 0 N–H and O–H groups in total. The number of fused-ring (bicyclic) bond motifs is 1. The van der Waals surface area contributed by atoms with Gasteiger partial charge in [-0.15, -0.1) is 0 Å². The molecule has 1 saturated heterocycles. The normalized spacial score (nSPS) is 25.3. The monoisotopic (exact) mass is 398 g/mol. The molecule has 21 heavy (non-hydrogen) atoms. The number of hydrogen-bond acceptors (Lipinski definition) is 1. The van der Waals surface area contributed by atoms with Crippen LogP contribution in [-0.2, 0) is 4.74 Å². The second kappa shape index (κ2) is 6.29. The summed E-state index contributed by atoms with van der Waals surface area (Å²) in [5.41, 5.74) is 2.42. The first kappa shape index (κ1) is 15.4. The van der Waals surface area contributed by atoms with Crippen LogP contribution < -0.4 is 0 Å². The summed E-state index contributed by atoms with van der Waals surface area (Å²) >= 11 is 0. The van der Waals surface area contributed by atoms with Crippen molar-refractivity contribution < 1.29 is 4.74 Å². The fraction of sp³-hybridized carbons (Fsp3) is 0.158. The molecule has 0 amide bonds. The van der Waals surface area contributed by atoms with Gasteiger partial charge >= 0.3 is 0 Å². The van der Waals surface area contributed by atoms with E-state index in [1.807, 2.05) is 0 Å². The van der Waals surface area contributed by atoms with Crippen LogP contribution in [0.3, 0.4) is 0 Å². The van der Waals surface area contributed by atoms with Crippen LogP contribution in [0.1, 0.15) is 17.0 Å². The van der Waals surface area contributed by atoms with Gasteiger partial charge in [0, 0.05) is 54.8 Å². The molecule has 0 aromatic heterocycles. The van der Waals surface area contributed by atoms with E-state index >= 15 is 0 Å². The Morgan fingerprint density at radius 3 is 1.90 bits per heavy atom. The summed E-state index contributed by atoms with van der Waals surface area (Å²) in [5.74, 6) is 0.246. The second-order valence-electron chi connectivity index (χ2n) is 5.39. The van der Waals surface area contributed by atoms with Crippen LogP contribution in [0.2, 0.25) is 0 Å². The predicted octanol–water partition coefficient (Wildman–Crippen LogP) is 3.70. The van der Waals surface area contributed by atoms with E-state index in [0.29, 0.717) is 0 Å². The molecule has 1 aliphatic carbocycles. The van der Waals surface area contributed by atoms with Crippen LogP contribution in [0.5, 0.6) is 0 Å². The largest absolute Gasteiger partial charge is 0.356 e. The van der Waals surface area contributed by atoms with Crippen molar-refractivity contribution in [2.45, 2.75) is 17.6 Å². The molecular weight excluding hydrogens is 382 g/mol. The van der Waals surface area contributed by atoms with Gasteiger partial charge in [-0.05, 0) is 17.2 Å². The maximum absolute atomic E-state index is 6.06. The zero-order chi connectivity index (χ0) is 13.4. The number of ether oxygens (including phenoxy) is 1. The molecule has 4 rings (SSSR count). The average Bonchev–Trinajstić information content (AvgIpc) is 3.25. The molecule has 2 atom stereocenters. The van der Waals surface area contributed by atoms with Crippen LogP contribution in [0.15, 0.2) is 85.0 Å². The fourth-order valence-corrected chi connectivity index (χ4v) is 3.21. The van der Waals surface area contributed by atoms with Gasteiger partial charge in [-0.25, -0.2) is 0 Å². The molecule has 1 heterocycles. The molecule has 1 fully saturated rings. The van der Waals surface area contributed by atoms with Crippen molar-refractivity contribution in [3.05, 3.63) is 96.1 Å². The molecule has 1 nitrogen and oxygen atoms in total.